The van der Waals surface area contributed by atoms with E-state index in [4.69, 9.17) is 0 Å². The Morgan fingerprint density at radius 1 is 1.26 bits per heavy atom. The number of nitrogens with one attached hydrogen (secondary N) is 2. The number of rotatable bonds is 6. The van der Waals surface area contributed by atoms with Crippen LogP contribution >= 0.6 is 0 Å². The van der Waals surface area contributed by atoms with E-state index in [1.165, 1.54) is 25.0 Å². The zero-order valence-electron chi connectivity index (χ0n) is 16.3. The number of carbonyl (C=O) groups is 2. The molecule has 1 saturated carbocycles. The van der Waals surface area contributed by atoms with Crippen molar-refractivity contribution in [2.24, 2.45) is 0 Å². The average Bonchev–Trinajstić information content (AvgIpc) is 3.12. The quantitative estimate of drug-likeness (QED) is 0.803. The molecule has 0 spiro atoms. The normalized spacial score (nSPS) is 21.9. The van der Waals surface area contributed by atoms with Crippen LogP contribution in [-0.2, 0) is 16.0 Å². The molecule has 6 heteroatoms. The zero-order chi connectivity index (χ0) is 19.4. The molecule has 0 bridgehead atoms. The van der Waals surface area contributed by atoms with Gasteiger partial charge in [-0.3, -0.25) is 14.5 Å². The lowest BCUT2D eigenvalue weighted by Crippen LogP contribution is -2.59. The van der Waals surface area contributed by atoms with Gasteiger partial charge in [0.05, 0.1) is 12.5 Å². The number of nitrogens with zero attached hydrogens (tertiary/aromatic N) is 1. The molecule has 2 aliphatic rings. The molecule has 1 aromatic carbocycles. The van der Waals surface area contributed by atoms with Gasteiger partial charge in [0, 0.05) is 24.7 Å². The van der Waals surface area contributed by atoms with Gasteiger partial charge >= 0.3 is 0 Å². The van der Waals surface area contributed by atoms with E-state index < -0.39 is 5.54 Å². The minimum Gasteiger partial charge on any atom is -0.353 e. The average molecular weight is 375 g/mol. The first-order valence-electron chi connectivity index (χ1n) is 9.93. The Hall–Kier alpha value is -1.95. The Bertz CT molecular complexity index is 669. The van der Waals surface area contributed by atoms with E-state index in [1.54, 1.807) is 12.1 Å². The molecule has 1 saturated heterocycles. The van der Waals surface area contributed by atoms with E-state index in [0.717, 1.165) is 24.9 Å². The highest BCUT2D eigenvalue weighted by molar-refractivity contribution is 5.89. The van der Waals surface area contributed by atoms with Crippen molar-refractivity contribution in [3.05, 3.63) is 35.6 Å². The molecule has 27 heavy (non-hydrogen) atoms. The van der Waals surface area contributed by atoms with Gasteiger partial charge in [-0.15, -0.1) is 0 Å². The molecule has 0 aromatic heterocycles. The van der Waals surface area contributed by atoms with Crippen LogP contribution in [0.5, 0.6) is 0 Å². The highest BCUT2D eigenvalue weighted by atomic mass is 19.1. The largest absolute Gasteiger partial charge is 0.353 e. The summed E-state index contributed by atoms with van der Waals surface area (Å²) in [7, 11) is 0. The lowest BCUT2D eigenvalue weighted by molar-refractivity contribution is -0.135. The third kappa shape index (κ3) is 5.28. The summed E-state index contributed by atoms with van der Waals surface area (Å²) in [6, 6.07) is 6.36. The highest BCUT2D eigenvalue weighted by Crippen LogP contribution is 2.27. The number of amides is 2. The topological polar surface area (TPSA) is 61.4 Å². The van der Waals surface area contributed by atoms with Crippen molar-refractivity contribution in [3.63, 3.8) is 0 Å². The Morgan fingerprint density at radius 3 is 2.59 bits per heavy atom. The van der Waals surface area contributed by atoms with E-state index in [-0.39, 0.29) is 30.1 Å². The zero-order valence-corrected chi connectivity index (χ0v) is 16.3. The van der Waals surface area contributed by atoms with Crippen molar-refractivity contribution >= 4 is 11.8 Å². The summed E-state index contributed by atoms with van der Waals surface area (Å²) in [5, 5.41) is 5.96. The number of halogens is 1. The van der Waals surface area contributed by atoms with Gasteiger partial charge in [0.2, 0.25) is 11.8 Å². The molecule has 1 unspecified atom stereocenters. The van der Waals surface area contributed by atoms with E-state index in [2.05, 4.69) is 15.5 Å². The fourth-order valence-electron chi connectivity index (χ4n) is 4.38. The van der Waals surface area contributed by atoms with Crippen LogP contribution in [-0.4, -0.2) is 47.4 Å². The third-order valence-corrected chi connectivity index (χ3v) is 5.58. The SMILES string of the molecule is CC(C)(Cc1ccc(F)cc1)NC(=O)CC1C(=O)NCCN1C1CCCC1. The van der Waals surface area contributed by atoms with Gasteiger partial charge in [0.25, 0.3) is 0 Å². The Labute approximate surface area is 160 Å². The third-order valence-electron chi connectivity index (χ3n) is 5.58. The van der Waals surface area contributed by atoms with E-state index in [9.17, 15) is 14.0 Å². The second kappa shape index (κ2) is 8.38. The number of hydrogen-bond donors (Lipinski definition) is 2. The van der Waals surface area contributed by atoms with Gasteiger partial charge in [-0.25, -0.2) is 4.39 Å². The van der Waals surface area contributed by atoms with Crippen molar-refractivity contribution in [2.45, 2.75) is 70.0 Å². The molecule has 2 amide bonds. The minimum absolute atomic E-state index is 0.0420. The molecule has 1 aliphatic carbocycles. The van der Waals surface area contributed by atoms with Crippen LogP contribution in [0.15, 0.2) is 24.3 Å². The molecule has 1 aromatic rings. The van der Waals surface area contributed by atoms with Crippen LogP contribution in [0.3, 0.4) is 0 Å². The van der Waals surface area contributed by atoms with Crippen LogP contribution in [0.25, 0.3) is 0 Å². The summed E-state index contributed by atoms with van der Waals surface area (Å²) in [4.78, 5) is 27.4. The van der Waals surface area contributed by atoms with Gasteiger partial charge in [-0.05, 0) is 50.8 Å². The number of piperazine rings is 1. The highest BCUT2D eigenvalue weighted by Gasteiger charge is 2.37. The fraction of sp³-hybridized carbons (Fsp3) is 0.619. The van der Waals surface area contributed by atoms with Gasteiger partial charge in [-0.2, -0.15) is 0 Å². The first kappa shape index (κ1) is 19.8. The van der Waals surface area contributed by atoms with Crippen molar-refractivity contribution in [3.8, 4) is 0 Å². The molecule has 2 N–H and O–H groups in total. The summed E-state index contributed by atoms with van der Waals surface area (Å²) in [6.45, 7) is 5.37. The van der Waals surface area contributed by atoms with Crippen molar-refractivity contribution < 1.29 is 14.0 Å². The number of benzene rings is 1. The summed E-state index contributed by atoms with van der Waals surface area (Å²) in [6.07, 6.45) is 5.40. The van der Waals surface area contributed by atoms with Gasteiger partial charge in [0.15, 0.2) is 0 Å². The molecular formula is C21H30FN3O2. The Balaban J connectivity index is 1.60. The second-order valence-electron chi connectivity index (χ2n) is 8.42. The van der Waals surface area contributed by atoms with Gasteiger partial charge in [0.1, 0.15) is 5.82 Å². The predicted octanol–water partition coefficient (Wildman–Crippen LogP) is 2.40. The van der Waals surface area contributed by atoms with E-state index in [1.807, 2.05) is 13.8 Å². The lowest BCUT2D eigenvalue weighted by atomic mass is 9.94. The van der Waals surface area contributed by atoms with Crippen LogP contribution in [0.4, 0.5) is 4.39 Å². The molecule has 3 rings (SSSR count). The maximum absolute atomic E-state index is 13.1. The van der Waals surface area contributed by atoms with Crippen molar-refractivity contribution in [1.29, 1.82) is 0 Å². The minimum atomic E-state index is -0.474. The van der Waals surface area contributed by atoms with E-state index in [0.29, 0.717) is 19.0 Å². The summed E-state index contributed by atoms with van der Waals surface area (Å²) < 4.78 is 13.1. The lowest BCUT2D eigenvalue weighted by Gasteiger charge is -2.39. The molecule has 1 heterocycles. The van der Waals surface area contributed by atoms with Crippen LogP contribution < -0.4 is 10.6 Å². The Kier molecular flexibility index (Phi) is 6.15. The fourth-order valence-corrected chi connectivity index (χ4v) is 4.38. The summed E-state index contributed by atoms with van der Waals surface area (Å²) >= 11 is 0. The monoisotopic (exact) mass is 375 g/mol. The Morgan fingerprint density at radius 2 is 1.93 bits per heavy atom. The molecule has 2 fully saturated rings. The van der Waals surface area contributed by atoms with Crippen LogP contribution in [0.2, 0.25) is 0 Å². The second-order valence-corrected chi connectivity index (χ2v) is 8.42. The molecule has 148 valence electrons. The van der Waals surface area contributed by atoms with E-state index >= 15 is 0 Å². The van der Waals surface area contributed by atoms with Crippen LogP contribution in [0.1, 0.15) is 51.5 Å². The molecule has 0 radical (unpaired) electrons. The predicted molar refractivity (Wildman–Crippen MR) is 103 cm³/mol. The number of hydrogen-bond acceptors (Lipinski definition) is 3. The maximum Gasteiger partial charge on any atom is 0.237 e. The molecule has 5 nitrogen and oxygen atoms in total. The van der Waals surface area contributed by atoms with Crippen LogP contribution in [0, 0.1) is 5.82 Å². The molecule has 1 atom stereocenters. The maximum atomic E-state index is 13.1. The number of carbonyl (C=O) groups excluding carboxylic acids is 2. The van der Waals surface area contributed by atoms with Crippen molar-refractivity contribution in [2.75, 3.05) is 13.1 Å². The smallest absolute Gasteiger partial charge is 0.237 e. The van der Waals surface area contributed by atoms with Crippen molar-refractivity contribution in [1.82, 2.24) is 15.5 Å². The van der Waals surface area contributed by atoms with Gasteiger partial charge < -0.3 is 10.6 Å². The van der Waals surface area contributed by atoms with Gasteiger partial charge in [-0.1, -0.05) is 25.0 Å². The standard InChI is InChI=1S/C21H30FN3O2/c1-21(2,14-15-7-9-16(22)10-8-15)24-19(26)13-18-20(27)23-11-12-25(18)17-5-3-4-6-17/h7-10,17-18H,3-6,11-14H2,1-2H3,(H,23,27)(H,24,26). The molecular weight excluding hydrogens is 345 g/mol. The summed E-state index contributed by atoms with van der Waals surface area (Å²) in [5.74, 6) is -0.428. The molecule has 1 aliphatic heterocycles. The first-order valence-corrected chi connectivity index (χ1v) is 9.93. The first-order chi connectivity index (χ1) is 12.8. The summed E-state index contributed by atoms with van der Waals surface area (Å²) in [5.41, 5.74) is 0.489.